The number of piperidine rings is 1. The molecule has 0 bridgehead atoms. The van der Waals surface area contributed by atoms with E-state index >= 15 is 0 Å². The molecule has 0 saturated carbocycles. The molecule has 2 aliphatic rings. The van der Waals surface area contributed by atoms with Crippen LogP contribution in [0.25, 0.3) is 0 Å². The van der Waals surface area contributed by atoms with Gasteiger partial charge in [0.2, 0.25) is 6.10 Å². The van der Waals surface area contributed by atoms with Gasteiger partial charge in [-0.05, 0) is 25.0 Å². The first-order valence-electron chi connectivity index (χ1n) is 7.05. The van der Waals surface area contributed by atoms with Crippen molar-refractivity contribution in [1.82, 2.24) is 4.90 Å². The smallest absolute Gasteiger partial charge is 0.306 e. The number of rotatable bonds is 2. The molecule has 1 saturated heterocycles. The fraction of sp³-hybridized carbons (Fsp3) is 0.467. The van der Waals surface area contributed by atoms with E-state index in [9.17, 15) is 9.59 Å². The molecular weight excluding hydrogens is 274 g/mol. The molecule has 1 aromatic carbocycles. The lowest BCUT2D eigenvalue weighted by molar-refractivity contribution is -0.148. The largest absolute Gasteiger partial charge is 0.485 e. The number of hydrogen-bond acceptors (Lipinski definition) is 4. The maximum atomic E-state index is 12.4. The van der Waals surface area contributed by atoms with Gasteiger partial charge in [-0.3, -0.25) is 9.59 Å². The summed E-state index contributed by atoms with van der Waals surface area (Å²) >= 11 is 0. The van der Waals surface area contributed by atoms with Gasteiger partial charge in [0.1, 0.15) is 6.61 Å². The van der Waals surface area contributed by atoms with Gasteiger partial charge >= 0.3 is 5.97 Å². The zero-order valence-electron chi connectivity index (χ0n) is 11.5. The van der Waals surface area contributed by atoms with Crippen LogP contribution >= 0.6 is 0 Å². The Balaban J connectivity index is 1.61. The Morgan fingerprint density at radius 3 is 2.48 bits per heavy atom. The Morgan fingerprint density at radius 2 is 1.81 bits per heavy atom. The summed E-state index contributed by atoms with van der Waals surface area (Å²) in [5.74, 6) is -0.0476. The minimum Gasteiger partial charge on any atom is -0.485 e. The summed E-state index contributed by atoms with van der Waals surface area (Å²) in [4.78, 5) is 25.0. The van der Waals surface area contributed by atoms with Crippen LogP contribution in [0.15, 0.2) is 24.3 Å². The summed E-state index contributed by atoms with van der Waals surface area (Å²) in [6.45, 7) is 1.10. The molecule has 0 aromatic heterocycles. The van der Waals surface area contributed by atoms with Crippen LogP contribution in [0.1, 0.15) is 12.8 Å². The second-order valence-corrected chi connectivity index (χ2v) is 5.30. The predicted molar refractivity (Wildman–Crippen MR) is 73.3 cm³/mol. The SMILES string of the molecule is O=C(O)C1CCN(C(=O)C2COc3ccccc3O2)CC1. The van der Waals surface area contributed by atoms with E-state index in [-0.39, 0.29) is 18.4 Å². The van der Waals surface area contributed by atoms with E-state index in [0.29, 0.717) is 37.4 Å². The Hall–Kier alpha value is -2.24. The minimum atomic E-state index is -0.784. The molecular formula is C15H17NO5. The van der Waals surface area contributed by atoms with Crippen molar-refractivity contribution in [2.75, 3.05) is 19.7 Å². The van der Waals surface area contributed by atoms with E-state index < -0.39 is 12.1 Å². The van der Waals surface area contributed by atoms with Crippen molar-refractivity contribution in [3.8, 4) is 11.5 Å². The zero-order chi connectivity index (χ0) is 14.8. The maximum absolute atomic E-state index is 12.4. The Kier molecular flexibility index (Phi) is 3.68. The average molecular weight is 291 g/mol. The number of carbonyl (C=O) groups is 2. The molecule has 21 heavy (non-hydrogen) atoms. The molecule has 3 rings (SSSR count). The molecule has 1 aromatic rings. The first kappa shape index (κ1) is 13.7. The minimum absolute atomic E-state index is 0.131. The van der Waals surface area contributed by atoms with Crippen molar-refractivity contribution in [3.05, 3.63) is 24.3 Å². The lowest BCUT2D eigenvalue weighted by Crippen LogP contribution is -2.49. The van der Waals surface area contributed by atoms with E-state index in [1.165, 1.54) is 0 Å². The lowest BCUT2D eigenvalue weighted by atomic mass is 9.97. The highest BCUT2D eigenvalue weighted by molar-refractivity contribution is 5.82. The summed E-state index contributed by atoms with van der Waals surface area (Å²) in [5.41, 5.74) is 0. The number of aliphatic carboxylic acids is 1. The number of amides is 1. The van der Waals surface area contributed by atoms with Crippen LogP contribution in [-0.4, -0.2) is 47.7 Å². The van der Waals surface area contributed by atoms with E-state index in [1.54, 1.807) is 17.0 Å². The lowest BCUT2D eigenvalue weighted by Gasteiger charge is -2.34. The van der Waals surface area contributed by atoms with Gasteiger partial charge in [0.25, 0.3) is 5.91 Å². The van der Waals surface area contributed by atoms with Crippen LogP contribution in [0.2, 0.25) is 0 Å². The van der Waals surface area contributed by atoms with Crippen LogP contribution < -0.4 is 9.47 Å². The van der Waals surface area contributed by atoms with Crippen LogP contribution in [0.4, 0.5) is 0 Å². The number of carbonyl (C=O) groups excluding carboxylic acids is 1. The van der Waals surface area contributed by atoms with Crippen LogP contribution in [0.3, 0.4) is 0 Å². The average Bonchev–Trinajstić information content (AvgIpc) is 2.54. The molecule has 1 N–H and O–H groups in total. The highest BCUT2D eigenvalue weighted by Gasteiger charge is 2.34. The van der Waals surface area contributed by atoms with E-state index in [0.717, 1.165) is 0 Å². The summed E-state index contributed by atoms with van der Waals surface area (Å²) in [5, 5.41) is 8.97. The van der Waals surface area contributed by atoms with Crippen LogP contribution in [-0.2, 0) is 9.59 Å². The van der Waals surface area contributed by atoms with Crippen molar-refractivity contribution in [3.63, 3.8) is 0 Å². The van der Waals surface area contributed by atoms with Gasteiger partial charge < -0.3 is 19.5 Å². The first-order valence-corrected chi connectivity index (χ1v) is 7.05. The molecule has 1 amide bonds. The number of ether oxygens (including phenoxy) is 2. The molecule has 1 fully saturated rings. The third kappa shape index (κ3) is 2.79. The number of benzene rings is 1. The zero-order valence-corrected chi connectivity index (χ0v) is 11.5. The Morgan fingerprint density at radius 1 is 1.14 bits per heavy atom. The maximum Gasteiger partial charge on any atom is 0.306 e. The predicted octanol–water partition coefficient (Wildman–Crippen LogP) is 1.15. The molecule has 1 atom stereocenters. The molecule has 0 aliphatic carbocycles. The number of fused-ring (bicyclic) bond motifs is 1. The molecule has 2 heterocycles. The Labute approximate surface area is 122 Å². The molecule has 2 aliphatic heterocycles. The van der Waals surface area contributed by atoms with E-state index in [2.05, 4.69) is 0 Å². The molecule has 6 nitrogen and oxygen atoms in total. The summed E-state index contributed by atoms with van der Waals surface area (Å²) < 4.78 is 11.2. The molecule has 0 spiro atoms. The van der Waals surface area contributed by atoms with Gasteiger partial charge in [0.05, 0.1) is 5.92 Å². The highest BCUT2D eigenvalue weighted by Crippen LogP contribution is 2.31. The van der Waals surface area contributed by atoms with Gasteiger partial charge in [-0.15, -0.1) is 0 Å². The number of hydrogen-bond donors (Lipinski definition) is 1. The number of carboxylic acids is 1. The van der Waals surface area contributed by atoms with Gasteiger partial charge in [0, 0.05) is 13.1 Å². The third-order valence-corrected chi connectivity index (χ3v) is 3.94. The van der Waals surface area contributed by atoms with Crippen LogP contribution in [0.5, 0.6) is 11.5 Å². The van der Waals surface area contributed by atoms with Gasteiger partial charge in [-0.25, -0.2) is 0 Å². The number of para-hydroxylation sites is 2. The fourth-order valence-corrected chi connectivity index (χ4v) is 2.69. The summed E-state index contributed by atoms with van der Waals surface area (Å²) in [7, 11) is 0. The van der Waals surface area contributed by atoms with Gasteiger partial charge in [-0.1, -0.05) is 12.1 Å². The van der Waals surface area contributed by atoms with Gasteiger partial charge in [0.15, 0.2) is 11.5 Å². The van der Waals surface area contributed by atoms with Crippen molar-refractivity contribution in [1.29, 1.82) is 0 Å². The summed E-state index contributed by atoms with van der Waals surface area (Å²) in [6.07, 6.45) is 0.331. The van der Waals surface area contributed by atoms with E-state index in [4.69, 9.17) is 14.6 Å². The standard InChI is InChI=1S/C15H17NO5/c17-14(16-7-5-10(6-8-16)15(18)19)13-9-20-11-3-1-2-4-12(11)21-13/h1-4,10,13H,5-9H2,(H,18,19). The monoisotopic (exact) mass is 291 g/mol. The topological polar surface area (TPSA) is 76.1 Å². The number of carboxylic acid groups (broad SMARTS) is 1. The molecule has 0 radical (unpaired) electrons. The molecule has 112 valence electrons. The number of nitrogens with zero attached hydrogens (tertiary/aromatic N) is 1. The van der Waals surface area contributed by atoms with Crippen molar-refractivity contribution >= 4 is 11.9 Å². The quantitative estimate of drug-likeness (QED) is 0.884. The highest BCUT2D eigenvalue weighted by atomic mass is 16.6. The van der Waals surface area contributed by atoms with Crippen molar-refractivity contribution in [2.24, 2.45) is 5.92 Å². The second-order valence-electron chi connectivity index (χ2n) is 5.30. The van der Waals surface area contributed by atoms with Gasteiger partial charge in [-0.2, -0.15) is 0 Å². The molecule has 6 heteroatoms. The summed E-state index contributed by atoms with van der Waals surface area (Å²) in [6, 6.07) is 7.24. The van der Waals surface area contributed by atoms with Crippen molar-refractivity contribution < 1.29 is 24.2 Å². The fourth-order valence-electron chi connectivity index (χ4n) is 2.69. The van der Waals surface area contributed by atoms with E-state index in [1.807, 2.05) is 12.1 Å². The Bertz CT molecular complexity index is 551. The normalized spacial score (nSPS) is 21.9. The first-order chi connectivity index (χ1) is 10.1. The second kappa shape index (κ2) is 5.63. The van der Waals surface area contributed by atoms with Crippen molar-refractivity contribution in [2.45, 2.75) is 18.9 Å². The van der Waals surface area contributed by atoms with Crippen LogP contribution in [0, 0.1) is 5.92 Å². The third-order valence-electron chi connectivity index (χ3n) is 3.94. The molecule has 1 unspecified atom stereocenters. The number of likely N-dealkylation sites (tertiary alicyclic amines) is 1.